The number of nitrogens with two attached hydrogens (primary N) is 1. The molecule has 0 saturated heterocycles. The van der Waals surface area contributed by atoms with E-state index in [-0.39, 0.29) is 29.8 Å². The monoisotopic (exact) mass is 270 g/mol. The average Bonchev–Trinajstić information content (AvgIpc) is 2.81. The number of ether oxygens (including phenoxy) is 1. The minimum Gasteiger partial charge on any atom is -0.464 e. The van der Waals surface area contributed by atoms with Crippen molar-refractivity contribution in [3.8, 4) is 0 Å². The standard InChI is InChI=1S/C14H26N2O3/c1-4-9(3)12(14(18)19-5-2)16-13(17)10-6-7-11(15)8-10/h9-12H,4-8,15H2,1-3H3,(H,16,17). The number of carbonyl (C=O) groups excluding carboxylic acids is 2. The van der Waals surface area contributed by atoms with Crippen LogP contribution < -0.4 is 11.1 Å². The zero-order valence-electron chi connectivity index (χ0n) is 12.1. The third kappa shape index (κ3) is 4.49. The van der Waals surface area contributed by atoms with Crippen LogP contribution >= 0.6 is 0 Å². The van der Waals surface area contributed by atoms with Crippen molar-refractivity contribution in [2.45, 2.75) is 58.5 Å². The first-order valence-electron chi connectivity index (χ1n) is 7.22. The summed E-state index contributed by atoms with van der Waals surface area (Å²) in [7, 11) is 0. The minimum atomic E-state index is -0.547. The molecule has 19 heavy (non-hydrogen) atoms. The number of rotatable bonds is 6. The molecule has 0 radical (unpaired) electrons. The molecule has 5 nitrogen and oxygen atoms in total. The topological polar surface area (TPSA) is 81.4 Å². The summed E-state index contributed by atoms with van der Waals surface area (Å²) in [5.41, 5.74) is 5.82. The molecule has 4 unspecified atom stereocenters. The molecular formula is C14H26N2O3. The van der Waals surface area contributed by atoms with Crippen LogP contribution in [-0.4, -0.2) is 30.6 Å². The zero-order valence-corrected chi connectivity index (χ0v) is 12.1. The van der Waals surface area contributed by atoms with Crippen molar-refractivity contribution in [3.05, 3.63) is 0 Å². The predicted octanol–water partition coefficient (Wildman–Crippen LogP) is 1.21. The Hall–Kier alpha value is -1.10. The highest BCUT2D eigenvalue weighted by atomic mass is 16.5. The van der Waals surface area contributed by atoms with E-state index in [2.05, 4.69) is 5.32 Å². The van der Waals surface area contributed by atoms with Gasteiger partial charge in [0.15, 0.2) is 0 Å². The van der Waals surface area contributed by atoms with E-state index in [0.29, 0.717) is 13.0 Å². The lowest BCUT2D eigenvalue weighted by molar-refractivity contribution is -0.149. The molecule has 1 fully saturated rings. The van der Waals surface area contributed by atoms with Crippen molar-refractivity contribution in [2.75, 3.05) is 6.61 Å². The van der Waals surface area contributed by atoms with Crippen LogP contribution in [0.25, 0.3) is 0 Å². The Bertz CT molecular complexity index is 320. The molecule has 1 saturated carbocycles. The SMILES string of the molecule is CCOC(=O)C(NC(=O)C1CCC(N)C1)C(C)CC. The fourth-order valence-electron chi connectivity index (χ4n) is 2.43. The number of esters is 1. The Morgan fingerprint density at radius 3 is 2.53 bits per heavy atom. The number of hydrogen-bond donors (Lipinski definition) is 2. The molecule has 0 aromatic carbocycles. The maximum absolute atomic E-state index is 12.2. The predicted molar refractivity (Wildman–Crippen MR) is 73.3 cm³/mol. The highest BCUT2D eigenvalue weighted by molar-refractivity contribution is 5.86. The van der Waals surface area contributed by atoms with Crippen LogP contribution in [-0.2, 0) is 14.3 Å². The van der Waals surface area contributed by atoms with Gasteiger partial charge in [-0.25, -0.2) is 4.79 Å². The summed E-state index contributed by atoms with van der Waals surface area (Å²) in [6, 6.07) is -0.435. The van der Waals surface area contributed by atoms with Gasteiger partial charge in [0.25, 0.3) is 0 Å². The first kappa shape index (κ1) is 16.0. The van der Waals surface area contributed by atoms with Crippen LogP contribution in [0.5, 0.6) is 0 Å². The second-order valence-electron chi connectivity index (χ2n) is 5.39. The molecule has 0 bridgehead atoms. The zero-order chi connectivity index (χ0) is 14.4. The van der Waals surface area contributed by atoms with Gasteiger partial charge in [0.1, 0.15) is 6.04 Å². The van der Waals surface area contributed by atoms with Crippen molar-refractivity contribution < 1.29 is 14.3 Å². The first-order valence-corrected chi connectivity index (χ1v) is 7.22. The summed E-state index contributed by atoms with van der Waals surface area (Å²) in [6.07, 6.45) is 3.21. The summed E-state index contributed by atoms with van der Waals surface area (Å²) in [5.74, 6) is -0.396. The Balaban J connectivity index is 2.61. The molecule has 0 heterocycles. The normalized spacial score (nSPS) is 25.7. The van der Waals surface area contributed by atoms with E-state index in [0.717, 1.165) is 19.3 Å². The lowest BCUT2D eigenvalue weighted by Gasteiger charge is -2.24. The average molecular weight is 270 g/mol. The highest BCUT2D eigenvalue weighted by Crippen LogP contribution is 2.24. The van der Waals surface area contributed by atoms with Gasteiger partial charge in [-0.3, -0.25) is 4.79 Å². The summed E-state index contributed by atoms with van der Waals surface area (Å²) in [5, 5.41) is 2.85. The van der Waals surface area contributed by atoms with E-state index in [1.807, 2.05) is 13.8 Å². The number of hydrogen-bond acceptors (Lipinski definition) is 4. The van der Waals surface area contributed by atoms with Crippen LogP contribution in [0.2, 0.25) is 0 Å². The Labute approximate surface area is 115 Å². The molecule has 0 aromatic heterocycles. The van der Waals surface area contributed by atoms with Gasteiger partial charge in [-0.15, -0.1) is 0 Å². The van der Waals surface area contributed by atoms with Crippen molar-refractivity contribution >= 4 is 11.9 Å². The number of amides is 1. The summed E-state index contributed by atoms with van der Waals surface area (Å²) < 4.78 is 5.03. The highest BCUT2D eigenvalue weighted by Gasteiger charge is 2.33. The second kappa shape index (κ2) is 7.48. The minimum absolute atomic E-state index is 0.0593. The number of carbonyl (C=O) groups is 2. The largest absolute Gasteiger partial charge is 0.464 e. The third-order valence-corrected chi connectivity index (χ3v) is 3.90. The van der Waals surface area contributed by atoms with Gasteiger partial charge in [-0.2, -0.15) is 0 Å². The van der Waals surface area contributed by atoms with Gasteiger partial charge in [0.05, 0.1) is 6.61 Å². The molecule has 0 aromatic rings. The fourth-order valence-corrected chi connectivity index (χ4v) is 2.43. The van der Waals surface area contributed by atoms with Gasteiger partial charge >= 0.3 is 5.97 Å². The lowest BCUT2D eigenvalue weighted by Crippen LogP contribution is -2.47. The maximum atomic E-state index is 12.2. The van der Waals surface area contributed by atoms with Gasteiger partial charge in [-0.1, -0.05) is 20.3 Å². The van der Waals surface area contributed by atoms with Crippen LogP contribution in [0.1, 0.15) is 46.5 Å². The Morgan fingerprint density at radius 1 is 1.37 bits per heavy atom. The van der Waals surface area contributed by atoms with E-state index in [9.17, 15) is 9.59 Å². The molecule has 3 N–H and O–H groups in total. The molecule has 0 spiro atoms. The summed E-state index contributed by atoms with van der Waals surface area (Å²) in [4.78, 5) is 24.1. The van der Waals surface area contributed by atoms with Crippen LogP contribution in [0.15, 0.2) is 0 Å². The van der Waals surface area contributed by atoms with Gasteiger partial charge in [0, 0.05) is 12.0 Å². The fraction of sp³-hybridized carbons (Fsp3) is 0.857. The number of nitrogens with one attached hydrogen (secondary N) is 1. The van der Waals surface area contributed by atoms with Crippen molar-refractivity contribution in [3.63, 3.8) is 0 Å². The first-order chi connectivity index (χ1) is 8.99. The Kier molecular flexibility index (Phi) is 6.28. The van der Waals surface area contributed by atoms with Crippen molar-refractivity contribution in [2.24, 2.45) is 17.6 Å². The quantitative estimate of drug-likeness (QED) is 0.711. The smallest absolute Gasteiger partial charge is 0.328 e. The van der Waals surface area contributed by atoms with Crippen molar-refractivity contribution in [1.29, 1.82) is 0 Å². The molecular weight excluding hydrogens is 244 g/mol. The van der Waals surface area contributed by atoms with Gasteiger partial charge in [-0.05, 0) is 32.1 Å². The van der Waals surface area contributed by atoms with E-state index in [4.69, 9.17) is 10.5 Å². The third-order valence-electron chi connectivity index (χ3n) is 3.90. The van der Waals surface area contributed by atoms with Gasteiger partial charge in [0.2, 0.25) is 5.91 Å². The van der Waals surface area contributed by atoms with Gasteiger partial charge < -0.3 is 15.8 Å². The molecule has 1 aliphatic carbocycles. The lowest BCUT2D eigenvalue weighted by atomic mass is 9.97. The molecule has 1 rings (SSSR count). The van der Waals surface area contributed by atoms with Crippen LogP contribution in [0.3, 0.4) is 0 Å². The van der Waals surface area contributed by atoms with E-state index in [1.165, 1.54) is 0 Å². The van der Waals surface area contributed by atoms with E-state index >= 15 is 0 Å². The molecule has 4 atom stereocenters. The Morgan fingerprint density at radius 2 is 2.05 bits per heavy atom. The van der Waals surface area contributed by atoms with Crippen molar-refractivity contribution in [1.82, 2.24) is 5.32 Å². The second-order valence-corrected chi connectivity index (χ2v) is 5.39. The molecule has 110 valence electrons. The summed E-state index contributed by atoms with van der Waals surface area (Å²) >= 11 is 0. The molecule has 1 aliphatic rings. The van der Waals surface area contributed by atoms with E-state index < -0.39 is 6.04 Å². The molecule has 5 heteroatoms. The van der Waals surface area contributed by atoms with E-state index in [1.54, 1.807) is 6.92 Å². The molecule has 1 amide bonds. The van der Waals surface area contributed by atoms with Crippen LogP contribution in [0.4, 0.5) is 0 Å². The summed E-state index contributed by atoms with van der Waals surface area (Å²) in [6.45, 7) is 6.04. The van der Waals surface area contributed by atoms with Crippen LogP contribution in [0, 0.1) is 11.8 Å². The molecule has 0 aliphatic heterocycles. The maximum Gasteiger partial charge on any atom is 0.328 e.